The van der Waals surface area contributed by atoms with Gasteiger partial charge in [0.1, 0.15) is 6.10 Å². The molecule has 13 heavy (non-hydrogen) atoms. The molecule has 0 aromatic rings. The van der Waals surface area contributed by atoms with E-state index in [0.29, 0.717) is 0 Å². The molecule has 0 bridgehead atoms. The lowest BCUT2D eigenvalue weighted by atomic mass is 10.1. The molecule has 0 aromatic heterocycles. The first-order valence-electron chi connectivity index (χ1n) is 3.12. The number of aliphatic hydroxyl groups excluding tert-OH is 3. The lowest BCUT2D eigenvalue weighted by molar-refractivity contribution is -0.163. The van der Waals surface area contributed by atoms with Gasteiger partial charge in [0, 0.05) is 0 Å². The van der Waals surface area contributed by atoms with E-state index in [1.807, 2.05) is 0 Å². The Bertz CT molecular complexity index is 205. The number of aliphatic carboxylic acids is 1. The molecular weight excluding hydrogens is 186 g/mol. The monoisotopic (exact) mass is 195 g/mol. The molecule has 8 nitrogen and oxygen atoms in total. The lowest BCUT2D eigenvalue weighted by Crippen LogP contribution is -2.49. The van der Waals surface area contributed by atoms with E-state index in [1.165, 1.54) is 0 Å². The second-order valence-electron chi connectivity index (χ2n) is 2.19. The molecule has 0 saturated carbocycles. The largest absolute Gasteiger partial charge is 0.479 e. The second kappa shape index (κ2) is 4.72. The average Bonchev–Trinajstić information content (AvgIpc) is 2.12. The number of aliphatic hydroxyl groups is 3. The summed E-state index contributed by atoms with van der Waals surface area (Å²) >= 11 is 0. The van der Waals surface area contributed by atoms with Gasteiger partial charge in [-0.2, -0.15) is 0 Å². The maximum atomic E-state index is 10.4. The number of rotatable bonds is 4. The van der Waals surface area contributed by atoms with Crippen molar-refractivity contribution in [2.45, 2.75) is 18.3 Å². The molecule has 8 heteroatoms. The van der Waals surface area contributed by atoms with Crippen LogP contribution in [-0.2, 0) is 9.59 Å². The number of carboxylic acids is 1. The summed E-state index contributed by atoms with van der Waals surface area (Å²) in [5, 5.41) is 42.3. The summed E-state index contributed by atoms with van der Waals surface area (Å²) in [4.78, 5) is 20.4. The highest BCUT2D eigenvalue weighted by atomic mass is 16.5. The summed E-state index contributed by atoms with van der Waals surface area (Å²) in [6.45, 7) is 0. The van der Waals surface area contributed by atoms with Crippen LogP contribution in [0, 0.1) is 0 Å². The van der Waals surface area contributed by atoms with Crippen molar-refractivity contribution >= 4 is 11.9 Å². The SMILES string of the molecule is O=C(O)C(O)C(O)C(O)C(=O)NO. The highest BCUT2D eigenvalue weighted by Crippen LogP contribution is 2.00. The molecule has 6 N–H and O–H groups in total. The third kappa shape index (κ3) is 2.95. The van der Waals surface area contributed by atoms with E-state index in [1.54, 1.807) is 0 Å². The Hall–Kier alpha value is -1.22. The van der Waals surface area contributed by atoms with Crippen LogP contribution in [0.15, 0.2) is 0 Å². The van der Waals surface area contributed by atoms with E-state index in [-0.39, 0.29) is 0 Å². The van der Waals surface area contributed by atoms with Crippen molar-refractivity contribution in [1.82, 2.24) is 5.48 Å². The molecule has 0 spiro atoms. The Kier molecular flexibility index (Phi) is 4.28. The standard InChI is InChI=1S/C5H9NO7/c7-1(3(9)5(11)12)2(8)4(10)6-13/h1-3,7-9,13H,(H,6,10)(H,11,12). The van der Waals surface area contributed by atoms with Crippen LogP contribution in [0.25, 0.3) is 0 Å². The molecule has 0 radical (unpaired) electrons. The van der Waals surface area contributed by atoms with Crippen molar-refractivity contribution < 1.29 is 35.2 Å². The van der Waals surface area contributed by atoms with E-state index in [4.69, 9.17) is 25.6 Å². The van der Waals surface area contributed by atoms with Crippen molar-refractivity contribution in [2.24, 2.45) is 0 Å². The van der Waals surface area contributed by atoms with Crippen LogP contribution in [0.2, 0.25) is 0 Å². The van der Waals surface area contributed by atoms with E-state index >= 15 is 0 Å². The first-order chi connectivity index (χ1) is 5.91. The first-order valence-corrected chi connectivity index (χ1v) is 3.12. The van der Waals surface area contributed by atoms with Crippen LogP contribution < -0.4 is 5.48 Å². The summed E-state index contributed by atoms with van der Waals surface area (Å²) in [6.07, 6.45) is -6.71. The van der Waals surface area contributed by atoms with Gasteiger partial charge in [-0.3, -0.25) is 10.0 Å². The number of hydroxylamine groups is 1. The lowest BCUT2D eigenvalue weighted by Gasteiger charge is -2.17. The van der Waals surface area contributed by atoms with Gasteiger partial charge in [-0.25, -0.2) is 10.3 Å². The predicted molar refractivity (Wildman–Crippen MR) is 35.6 cm³/mol. The first kappa shape index (κ1) is 11.8. The molecule has 3 atom stereocenters. The Labute approximate surface area is 72.0 Å². The molecule has 0 aliphatic carbocycles. The second-order valence-corrected chi connectivity index (χ2v) is 2.19. The fourth-order valence-corrected chi connectivity index (χ4v) is 0.540. The van der Waals surface area contributed by atoms with Crippen LogP contribution in [0.4, 0.5) is 0 Å². The molecule has 0 aromatic carbocycles. The van der Waals surface area contributed by atoms with Crippen LogP contribution in [0.5, 0.6) is 0 Å². The predicted octanol–water partition coefficient (Wildman–Crippen LogP) is -3.34. The average molecular weight is 195 g/mol. The van der Waals surface area contributed by atoms with Crippen LogP contribution in [0.3, 0.4) is 0 Å². The number of carbonyl (C=O) groups excluding carboxylic acids is 1. The zero-order valence-electron chi connectivity index (χ0n) is 6.28. The normalized spacial score (nSPS) is 17.2. The minimum atomic E-state index is -2.30. The molecule has 0 saturated heterocycles. The maximum absolute atomic E-state index is 10.4. The van der Waals surface area contributed by atoms with Crippen molar-refractivity contribution in [3.8, 4) is 0 Å². The molecule has 76 valence electrons. The third-order valence-corrected chi connectivity index (χ3v) is 1.28. The minimum Gasteiger partial charge on any atom is -0.479 e. The van der Waals surface area contributed by atoms with Crippen LogP contribution in [-0.4, -0.2) is 55.8 Å². The molecule has 0 fully saturated rings. The van der Waals surface area contributed by atoms with Crippen molar-refractivity contribution in [2.75, 3.05) is 0 Å². The van der Waals surface area contributed by atoms with Crippen molar-refractivity contribution in [1.29, 1.82) is 0 Å². The van der Waals surface area contributed by atoms with Gasteiger partial charge in [0.05, 0.1) is 0 Å². The number of carbonyl (C=O) groups is 2. The molecular formula is C5H9NO7. The molecule has 0 aliphatic heterocycles. The quantitative estimate of drug-likeness (QED) is 0.203. The Morgan fingerprint density at radius 1 is 1.08 bits per heavy atom. The summed E-state index contributed by atoms with van der Waals surface area (Å²) in [6, 6.07) is 0. The van der Waals surface area contributed by atoms with Gasteiger partial charge in [-0.15, -0.1) is 0 Å². The zero-order valence-corrected chi connectivity index (χ0v) is 6.28. The summed E-state index contributed by atoms with van der Waals surface area (Å²) in [5.41, 5.74) is 0.986. The highest BCUT2D eigenvalue weighted by Gasteiger charge is 2.34. The van der Waals surface area contributed by atoms with E-state index in [9.17, 15) is 9.59 Å². The molecule has 0 rings (SSSR count). The minimum absolute atomic E-state index is 0.986. The Morgan fingerprint density at radius 3 is 1.85 bits per heavy atom. The van der Waals surface area contributed by atoms with Gasteiger partial charge >= 0.3 is 5.97 Å². The molecule has 0 heterocycles. The number of nitrogens with one attached hydrogen (secondary N) is 1. The van der Waals surface area contributed by atoms with E-state index in [2.05, 4.69) is 0 Å². The fraction of sp³-hybridized carbons (Fsp3) is 0.600. The molecule has 0 aliphatic rings. The number of carboxylic acid groups (broad SMARTS) is 1. The van der Waals surface area contributed by atoms with Gasteiger partial charge in [0.15, 0.2) is 12.2 Å². The van der Waals surface area contributed by atoms with Gasteiger partial charge in [0.25, 0.3) is 5.91 Å². The van der Waals surface area contributed by atoms with Gasteiger partial charge in [0.2, 0.25) is 0 Å². The van der Waals surface area contributed by atoms with Crippen LogP contribution in [0.1, 0.15) is 0 Å². The summed E-state index contributed by atoms with van der Waals surface area (Å²) in [7, 11) is 0. The van der Waals surface area contributed by atoms with Crippen molar-refractivity contribution in [3.63, 3.8) is 0 Å². The fourth-order valence-electron chi connectivity index (χ4n) is 0.540. The Balaban J connectivity index is 4.32. The number of amides is 1. The van der Waals surface area contributed by atoms with E-state index in [0.717, 1.165) is 5.48 Å². The maximum Gasteiger partial charge on any atom is 0.335 e. The number of hydrogen-bond donors (Lipinski definition) is 6. The van der Waals surface area contributed by atoms with Crippen LogP contribution >= 0.6 is 0 Å². The smallest absolute Gasteiger partial charge is 0.335 e. The third-order valence-electron chi connectivity index (χ3n) is 1.28. The summed E-state index contributed by atoms with van der Waals surface area (Å²) < 4.78 is 0. The Morgan fingerprint density at radius 2 is 1.54 bits per heavy atom. The number of hydrogen-bond acceptors (Lipinski definition) is 6. The van der Waals surface area contributed by atoms with Gasteiger partial charge in [-0.1, -0.05) is 0 Å². The highest BCUT2D eigenvalue weighted by molar-refractivity contribution is 5.82. The van der Waals surface area contributed by atoms with Crippen molar-refractivity contribution in [3.05, 3.63) is 0 Å². The zero-order chi connectivity index (χ0) is 10.6. The van der Waals surface area contributed by atoms with Gasteiger partial charge in [-0.05, 0) is 0 Å². The van der Waals surface area contributed by atoms with E-state index < -0.39 is 30.2 Å². The van der Waals surface area contributed by atoms with Gasteiger partial charge < -0.3 is 20.4 Å². The molecule has 3 unspecified atom stereocenters. The molecule has 1 amide bonds. The topological polar surface area (TPSA) is 147 Å². The summed E-state index contributed by atoms with van der Waals surface area (Å²) in [5.74, 6) is -3.20.